The zero-order valence-electron chi connectivity index (χ0n) is 15.3. The van der Waals surface area contributed by atoms with Gasteiger partial charge in [-0.2, -0.15) is 0 Å². The minimum absolute atomic E-state index is 0.182. The molecule has 3 atom stereocenters. The number of likely N-dealkylation sites (N-methyl/N-ethyl adjacent to an activating group) is 1. The van der Waals surface area contributed by atoms with Crippen molar-refractivity contribution in [3.8, 4) is 0 Å². The van der Waals surface area contributed by atoms with Crippen LogP contribution in [0.4, 0.5) is 0 Å². The highest BCUT2D eigenvalue weighted by molar-refractivity contribution is 5.22. The maximum Gasteiger partial charge on any atom is 0.0945 e. The van der Waals surface area contributed by atoms with Crippen molar-refractivity contribution in [3.05, 3.63) is 54.1 Å². The second-order valence-corrected chi connectivity index (χ2v) is 7.52. The van der Waals surface area contributed by atoms with Crippen LogP contribution < -0.4 is 5.32 Å². The van der Waals surface area contributed by atoms with E-state index >= 15 is 0 Å². The molecule has 1 fully saturated rings. The summed E-state index contributed by atoms with van der Waals surface area (Å²) in [7, 11) is 4.20. The molecule has 3 rings (SSSR count). The zero-order chi connectivity index (χ0) is 17.6. The van der Waals surface area contributed by atoms with Crippen LogP contribution in [0.5, 0.6) is 0 Å². The van der Waals surface area contributed by atoms with E-state index in [4.69, 9.17) is 0 Å². The molecule has 0 saturated heterocycles. The van der Waals surface area contributed by atoms with Gasteiger partial charge in [-0.1, -0.05) is 24.3 Å². The number of nitrogens with zero attached hydrogens (tertiary/aromatic N) is 3. The number of aliphatic hydroxyl groups excluding tert-OH is 1. The smallest absolute Gasteiger partial charge is 0.0945 e. The number of hydrogen-bond acceptors (Lipinski definition) is 4. The maximum atomic E-state index is 10.3. The van der Waals surface area contributed by atoms with Gasteiger partial charge in [-0.15, -0.1) is 0 Å². The van der Waals surface area contributed by atoms with Crippen LogP contribution in [-0.4, -0.2) is 52.3 Å². The number of aromatic nitrogens is 2. The zero-order valence-corrected chi connectivity index (χ0v) is 15.3. The lowest BCUT2D eigenvalue weighted by Crippen LogP contribution is -2.35. The average Bonchev–Trinajstić information content (AvgIpc) is 3.22. The predicted octanol–water partition coefficient (Wildman–Crippen LogP) is 1.92. The Bertz CT molecular complexity index is 624. The summed E-state index contributed by atoms with van der Waals surface area (Å²) in [6, 6.07) is 9.01. The second-order valence-electron chi connectivity index (χ2n) is 7.52. The van der Waals surface area contributed by atoms with Crippen molar-refractivity contribution in [1.82, 2.24) is 19.8 Å². The van der Waals surface area contributed by atoms with Gasteiger partial charge in [-0.25, -0.2) is 4.98 Å². The first-order valence-corrected chi connectivity index (χ1v) is 9.20. The summed E-state index contributed by atoms with van der Waals surface area (Å²) in [4.78, 5) is 6.30. The molecular formula is C20H30N4O. The van der Waals surface area contributed by atoms with Crippen LogP contribution in [0.25, 0.3) is 0 Å². The quantitative estimate of drug-likeness (QED) is 0.770. The summed E-state index contributed by atoms with van der Waals surface area (Å²) in [6.45, 7) is 2.83. The Morgan fingerprint density at radius 2 is 1.96 bits per heavy atom. The van der Waals surface area contributed by atoms with Crippen molar-refractivity contribution < 1.29 is 5.11 Å². The minimum atomic E-state index is -0.257. The molecule has 1 unspecified atom stereocenters. The largest absolute Gasteiger partial charge is 0.391 e. The third-order valence-corrected chi connectivity index (χ3v) is 5.09. The van der Waals surface area contributed by atoms with E-state index in [1.807, 2.05) is 18.7 Å². The van der Waals surface area contributed by atoms with E-state index in [-0.39, 0.29) is 12.1 Å². The predicted molar refractivity (Wildman–Crippen MR) is 100 cm³/mol. The summed E-state index contributed by atoms with van der Waals surface area (Å²) >= 11 is 0. The van der Waals surface area contributed by atoms with Crippen LogP contribution in [0.1, 0.15) is 24.0 Å². The Balaban J connectivity index is 1.45. The highest BCUT2D eigenvalue weighted by Crippen LogP contribution is 2.27. The van der Waals surface area contributed by atoms with Crippen LogP contribution in [0.2, 0.25) is 0 Å². The normalized spacial score (nSPS) is 23.4. The molecule has 0 radical (unpaired) electrons. The Kier molecular flexibility index (Phi) is 6.24. The minimum Gasteiger partial charge on any atom is -0.391 e. The molecule has 0 spiro atoms. The third kappa shape index (κ3) is 5.39. The third-order valence-electron chi connectivity index (χ3n) is 5.09. The van der Waals surface area contributed by atoms with Gasteiger partial charge < -0.3 is 19.9 Å². The SMILES string of the molecule is CN(C)CCc1ccc(CN[C@@H]2CC(Cn3ccnc3)C[C@H]2O)cc1. The van der Waals surface area contributed by atoms with Gasteiger partial charge in [-0.3, -0.25) is 0 Å². The average molecular weight is 342 g/mol. The summed E-state index contributed by atoms with van der Waals surface area (Å²) in [5.74, 6) is 0.509. The van der Waals surface area contributed by atoms with Crippen LogP contribution in [0, 0.1) is 5.92 Å². The van der Waals surface area contributed by atoms with Crippen LogP contribution in [0.15, 0.2) is 43.0 Å². The molecule has 2 N–H and O–H groups in total. The molecule has 1 saturated carbocycles. The summed E-state index contributed by atoms with van der Waals surface area (Å²) in [6.07, 6.45) is 8.35. The van der Waals surface area contributed by atoms with E-state index in [1.54, 1.807) is 0 Å². The molecule has 1 aromatic heterocycles. The first kappa shape index (κ1) is 18.1. The number of nitrogens with one attached hydrogen (secondary N) is 1. The van der Waals surface area contributed by atoms with Gasteiger partial charge in [0.1, 0.15) is 0 Å². The van der Waals surface area contributed by atoms with Gasteiger partial charge in [0.05, 0.1) is 12.4 Å². The summed E-state index contributed by atoms with van der Waals surface area (Å²) in [5.41, 5.74) is 2.65. The molecule has 1 heterocycles. The molecule has 1 aliphatic carbocycles. The van der Waals surface area contributed by atoms with E-state index in [0.717, 1.165) is 38.9 Å². The monoisotopic (exact) mass is 342 g/mol. The van der Waals surface area contributed by atoms with Crippen LogP contribution in [-0.2, 0) is 19.5 Å². The molecule has 0 amide bonds. The van der Waals surface area contributed by atoms with Crippen LogP contribution >= 0.6 is 0 Å². The highest BCUT2D eigenvalue weighted by atomic mass is 16.3. The van der Waals surface area contributed by atoms with Crippen molar-refractivity contribution >= 4 is 0 Å². The van der Waals surface area contributed by atoms with Gasteiger partial charge in [0, 0.05) is 38.1 Å². The standard InChI is InChI=1S/C20H30N4O/c1-23(2)9-7-16-3-5-17(6-4-16)13-22-19-11-18(12-20(19)25)14-24-10-8-21-15-24/h3-6,8,10,15,18-20,22,25H,7,9,11-14H2,1-2H3/t18?,19-,20-/m1/s1. The van der Waals surface area contributed by atoms with Crippen molar-refractivity contribution in [2.75, 3.05) is 20.6 Å². The second kappa shape index (κ2) is 8.61. The topological polar surface area (TPSA) is 53.3 Å². The molecule has 5 nitrogen and oxygen atoms in total. The van der Waals surface area contributed by atoms with Gasteiger partial charge in [0.15, 0.2) is 0 Å². The summed E-state index contributed by atoms with van der Waals surface area (Å²) in [5, 5.41) is 13.9. The molecule has 5 heteroatoms. The Hall–Kier alpha value is -1.69. The molecular weight excluding hydrogens is 312 g/mol. The first-order valence-electron chi connectivity index (χ1n) is 9.20. The van der Waals surface area contributed by atoms with Gasteiger partial charge in [-0.05, 0) is 50.4 Å². The Morgan fingerprint density at radius 3 is 2.64 bits per heavy atom. The van der Waals surface area contributed by atoms with Crippen molar-refractivity contribution in [2.24, 2.45) is 5.92 Å². The molecule has 1 aliphatic rings. The first-order chi connectivity index (χ1) is 12.1. The molecule has 1 aromatic carbocycles. The van der Waals surface area contributed by atoms with E-state index in [2.05, 4.69) is 58.1 Å². The van der Waals surface area contributed by atoms with Gasteiger partial charge in [0.25, 0.3) is 0 Å². The van der Waals surface area contributed by atoms with E-state index in [1.165, 1.54) is 11.1 Å². The van der Waals surface area contributed by atoms with Gasteiger partial charge >= 0.3 is 0 Å². The fourth-order valence-electron chi connectivity index (χ4n) is 3.60. The number of rotatable bonds is 8. The molecule has 25 heavy (non-hydrogen) atoms. The van der Waals surface area contributed by atoms with Crippen molar-refractivity contribution in [3.63, 3.8) is 0 Å². The number of hydrogen-bond donors (Lipinski definition) is 2. The summed E-state index contributed by atoms with van der Waals surface area (Å²) < 4.78 is 2.10. The lowest BCUT2D eigenvalue weighted by Gasteiger charge is -2.17. The molecule has 2 aromatic rings. The lowest BCUT2D eigenvalue weighted by atomic mass is 10.1. The van der Waals surface area contributed by atoms with Crippen molar-refractivity contribution in [2.45, 2.75) is 44.5 Å². The number of aliphatic hydroxyl groups is 1. The number of benzene rings is 1. The van der Waals surface area contributed by atoms with E-state index in [9.17, 15) is 5.11 Å². The fourth-order valence-corrected chi connectivity index (χ4v) is 3.60. The fraction of sp³-hybridized carbons (Fsp3) is 0.550. The Morgan fingerprint density at radius 1 is 1.20 bits per heavy atom. The number of imidazole rings is 1. The lowest BCUT2D eigenvalue weighted by molar-refractivity contribution is 0.145. The molecule has 136 valence electrons. The van der Waals surface area contributed by atoms with E-state index in [0.29, 0.717) is 5.92 Å². The van der Waals surface area contributed by atoms with Crippen molar-refractivity contribution in [1.29, 1.82) is 0 Å². The van der Waals surface area contributed by atoms with Crippen LogP contribution in [0.3, 0.4) is 0 Å². The maximum absolute atomic E-state index is 10.3. The van der Waals surface area contributed by atoms with Gasteiger partial charge in [0.2, 0.25) is 0 Å². The molecule has 0 aliphatic heterocycles. The Labute approximate surface area is 150 Å². The van der Waals surface area contributed by atoms with E-state index < -0.39 is 0 Å². The molecule has 0 bridgehead atoms. The highest BCUT2D eigenvalue weighted by Gasteiger charge is 2.32.